The Bertz CT molecular complexity index is 587. The van der Waals surface area contributed by atoms with E-state index < -0.39 is 0 Å². The lowest BCUT2D eigenvalue weighted by molar-refractivity contribution is 0.559. The van der Waals surface area contributed by atoms with Crippen LogP contribution in [0.1, 0.15) is 19.4 Å². The van der Waals surface area contributed by atoms with Crippen molar-refractivity contribution < 1.29 is 4.42 Å². The van der Waals surface area contributed by atoms with Crippen LogP contribution in [-0.4, -0.2) is 0 Å². The Morgan fingerprint density at radius 3 is 2.81 bits per heavy atom. The summed E-state index contributed by atoms with van der Waals surface area (Å²) in [6.45, 7) is 4.10. The molecule has 2 aromatic rings. The quantitative estimate of drug-likeness (QED) is 0.567. The van der Waals surface area contributed by atoms with Gasteiger partial charge in [0.05, 0.1) is 0 Å². The normalized spacial score (nSPS) is 10.4. The molecule has 2 rings (SSSR count). The number of hydrogen-bond acceptors (Lipinski definition) is 2. The predicted octanol–water partition coefficient (Wildman–Crippen LogP) is 3.30. The highest BCUT2D eigenvalue weighted by Gasteiger charge is 2.02. The van der Waals surface area contributed by atoms with Gasteiger partial charge in [0.15, 0.2) is 0 Å². The Labute approximate surface area is 94.2 Å². The van der Waals surface area contributed by atoms with E-state index in [1.54, 1.807) is 6.07 Å². The number of fused-ring (bicyclic) bond motifs is 1. The van der Waals surface area contributed by atoms with Crippen molar-refractivity contribution in [3.8, 4) is 0 Å². The van der Waals surface area contributed by atoms with Gasteiger partial charge in [0.1, 0.15) is 5.58 Å². The Balaban J connectivity index is 2.59. The van der Waals surface area contributed by atoms with Gasteiger partial charge >= 0.3 is 5.63 Å². The van der Waals surface area contributed by atoms with Crippen LogP contribution in [0.3, 0.4) is 0 Å². The van der Waals surface area contributed by atoms with E-state index in [-0.39, 0.29) is 5.63 Å². The Hall–Kier alpha value is -1.83. The summed E-state index contributed by atoms with van der Waals surface area (Å²) in [4.78, 5) is 11.4. The van der Waals surface area contributed by atoms with Crippen molar-refractivity contribution in [2.24, 2.45) is 0 Å². The molecule has 0 saturated carbocycles. The zero-order valence-corrected chi connectivity index (χ0v) is 9.49. The summed E-state index contributed by atoms with van der Waals surface area (Å²) >= 11 is 0. The lowest BCUT2D eigenvalue weighted by Gasteiger charge is -2.02. The molecule has 0 aliphatic rings. The minimum Gasteiger partial charge on any atom is -0.423 e. The van der Waals surface area contributed by atoms with E-state index in [1.165, 1.54) is 5.57 Å². The molecule has 1 heterocycles. The van der Waals surface area contributed by atoms with Gasteiger partial charge in [0.25, 0.3) is 0 Å². The molecular weight excluding hydrogens is 200 g/mol. The zero-order valence-electron chi connectivity index (χ0n) is 9.49. The maximum atomic E-state index is 11.4. The standard InChI is InChI=1S/C14H14O2/c1-10(2)7-8-11-9-14(15)16-13-6-4-3-5-12(11)13/h3-7,9H,8H2,1-2H3. The van der Waals surface area contributed by atoms with Crippen LogP contribution in [0.5, 0.6) is 0 Å². The molecule has 0 saturated heterocycles. The number of benzene rings is 1. The molecule has 0 radical (unpaired) electrons. The molecule has 82 valence electrons. The molecule has 0 amide bonds. The maximum Gasteiger partial charge on any atom is 0.336 e. The molecule has 0 spiro atoms. The van der Waals surface area contributed by atoms with Crippen molar-refractivity contribution >= 4 is 11.0 Å². The third-order valence-corrected chi connectivity index (χ3v) is 2.47. The highest BCUT2D eigenvalue weighted by molar-refractivity contribution is 5.80. The monoisotopic (exact) mass is 214 g/mol. The topological polar surface area (TPSA) is 30.2 Å². The van der Waals surface area contributed by atoms with Gasteiger partial charge < -0.3 is 4.42 Å². The summed E-state index contributed by atoms with van der Waals surface area (Å²) in [5.74, 6) is 0. The summed E-state index contributed by atoms with van der Waals surface area (Å²) in [6, 6.07) is 9.20. The van der Waals surface area contributed by atoms with Gasteiger partial charge in [0, 0.05) is 11.5 Å². The number of para-hydroxylation sites is 1. The van der Waals surface area contributed by atoms with E-state index in [0.29, 0.717) is 5.58 Å². The molecular formula is C14H14O2. The lowest BCUT2D eigenvalue weighted by Crippen LogP contribution is -1.99. The van der Waals surface area contributed by atoms with Crippen molar-refractivity contribution in [1.82, 2.24) is 0 Å². The fraction of sp³-hybridized carbons (Fsp3) is 0.214. The van der Waals surface area contributed by atoms with Crippen molar-refractivity contribution in [3.05, 3.63) is 58.0 Å². The van der Waals surface area contributed by atoms with Crippen LogP contribution >= 0.6 is 0 Å². The van der Waals surface area contributed by atoms with E-state index in [4.69, 9.17) is 4.42 Å². The Kier molecular flexibility index (Phi) is 2.91. The van der Waals surface area contributed by atoms with Crippen molar-refractivity contribution in [2.75, 3.05) is 0 Å². The average Bonchev–Trinajstić information content (AvgIpc) is 2.25. The van der Waals surface area contributed by atoms with Gasteiger partial charge in [-0.2, -0.15) is 0 Å². The van der Waals surface area contributed by atoms with Crippen molar-refractivity contribution in [1.29, 1.82) is 0 Å². The second-order valence-corrected chi connectivity index (χ2v) is 4.07. The molecule has 0 N–H and O–H groups in total. The molecule has 1 aromatic carbocycles. The fourth-order valence-corrected chi connectivity index (χ4v) is 1.66. The maximum absolute atomic E-state index is 11.4. The Morgan fingerprint density at radius 1 is 1.31 bits per heavy atom. The van der Waals surface area contributed by atoms with Crippen LogP contribution in [0.2, 0.25) is 0 Å². The molecule has 0 bridgehead atoms. The third-order valence-electron chi connectivity index (χ3n) is 2.47. The molecule has 1 aromatic heterocycles. The second-order valence-electron chi connectivity index (χ2n) is 4.07. The lowest BCUT2D eigenvalue weighted by atomic mass is 10.1. The van der Waals surface area contributed by atoms with Gasteiger partial charge in [-0.05, 0) is 31.9 Å². The average molecular weight is 214 g/mol. The molecule has 2 heteroatoms. The van der Waals surface area contributed by atoms with Crippen LogP contribution in [-0.2, 0) is 6.42 Å². The van der Waals surface area contributed by atoms with Crippen LogP contribution in [0.15, 0.2) is 51.2 Å². The molecule has 0 fully saturated rings. The third kappa shape index (κ3) is 2.22. The van der Waals surface area contributed by atoms with Gasteiger partial charge in [-0.1, -0.05) is 29.8 Å². The highest BCUT2D eigenvalue weighted by atomic mass is 16.4. The summed E-state index contributed by atoms with van der Waals surface area (Å²) in [5.41, 5.74) is 2.65. The van der Waals surface area contributed by atoms with E-state index in [2.05, 4.69) is 6.08 Å². The van der Waals surface area contributed by atoms with Crippen LogP contribution in [0.4, 0.5) is 0 Å². The van der Waals surface area contributed by atoms with E-state index in [9.17, 15) is 4.79 Å². The smallest absolute Gasteiger partial charge is 0.336 e. The van der Waals surface area contributed by atoms with E-state index in [0.717, 1.165) is 17.4 Å². The van der Waals surface area contributed by atoms with Gasteiger partial charge in [-0.3, -0.25) is 0 Å². The minimum absolute atomic E-state index is 0.282. The van der Waals surface area contributed by atoms with Crippen LogP contribution in [0, 0.1) is 0 Å². The predicted molar refractivity (Wildman–Crippen MR) is 65.6 cm³/mol. The molecule has 16 heavy (non-hydrogen) atoms. The van der Waals surface area contributed by atoms with Crippen molar-refractivity contribution in [2.45, 2.75) is 20.3 Å². The molecule has 0 aliphatic heterocycles. The first-order valence-corrected chi connectivity index (χ1v) is 5.32. The number of hydrogen-bond donors (Lipinski definition) is 0. The number of allylic oxidation sites excluding steroid dienone is 2. The summed E-state index contributed by atoms with van der Waals surface area (Å²) < 4.78 is 5.13. The van der Waals surface area contributed by atoms with Gasteiger partial charge in [-0.25, -0.2) is 4.79 Å². The number of rotatable bonds is 2. The molecule has 0 aliphatic carbocycles. The van der Waals surface area contributed by atoms with Gasteiger partial charge in [-0.15, -0.1) is 0 Å². The summed E-state index contributed by atoms with van der Waals surface area (Å²) in [7, 11) is 0. The largest absolute Gasteiger partial charge is 0.423 e. The summed E-state index contributed by atoms with van der Waals surface area (Å²) in [6.07, 6.45) is 2.88. The van der Waals surface area contributed by atoms with Gasteiger partial charge in [0.2, 0.25) is 0 Å². The highest BCUT2D eigenvalue weighted by Crippen LogP contribution is 2.17. The van der Waals surface area contributed by atoms with Crippen molar-refractivity contribution in [3.63, 3.8) is 0 Å². The SMILES string of the molecule is CC(C)=CCc1cc(=O)oc2ccccc12. The van der Waals surface area contributed by atoms with Crippen LogP contribution in [0.25, 0.3) is 11.0 Å². The Morgan fingerprint density at radius 2 is 2.06 bits per heavy atom. The first-order chi connectivity index (χ1) is 7.66. The summed E-state index contributed by atoms with van der Waals surface area (Å²) in [5, 5.41) is 1.01. The minimum atomic E-state index is -0.282. The fourth-order valence-electron chi connectivity index (χ4n) is 1.66. The first-order valence-electron chi connectivity index (χ1n) is 5.32. The van der Waals surface area contributed by atoms with E-state index in [1.807, 2.05) is 38.1 Å². The molecule has 0 atom stereocenters. The molecule has 2 nitrogen and oxygen atoms in total. The molecule has 0 unspecified atom stereocenters. The van der Waals surface area contributed by atoms with E-state index >= 15 is 0 Å². The first kappa shape index (κ1) is 10.7. The zero-order chi connectivity index (χ0) is 11.5. The van der Waals surface area contributed by atoms with Crippen LogP contribution < -0.4 is 5.63 Å². The second kappa shape index (κ2) is 4.35.